The van der Waals surface area contributed by atoms with Crippen molar-refractivity contribution in [2.75, 3.05) is 7.05 Å². The van der Waals surface area contributed by atoms with Gasteiger partial charge in [-0.3, -0.25) is 0 Å². The van der Waals surface area contributed by atoms with E-state index < -0.39 is 0 Å². The van der Waals surface area contributed by atoms with Gasteiger partial charge in [-0.15, -0.1) is 0 Å². The highest BCUT2D eigenvalue weighted by molar-refractivity contribution is 5.30. The van der Waals surface area contributed by atoms with Crippen LogP contribution in [-0.4, -0.2) is 7.05 Å². The lowest BCUT2D eigenvalue weighted by atomic mass is 9.96. The van der Waals surface area contributed by atoms with Crippen molar-refractivity contribution in [1.82, 2.24) is 5.32 Å². The molecule has 0 rings (SSSR count). The minimum atomic E-state index is 0.534. The molecule has 0 fully saturated rings. The summed E-state index contributed by atoms with van der Waals surface area (Å²) in [7, 11) is 1.92. The van der Waals surface area contributed by atoms with Crippen LogP contribution in [0.15, 0.2) is 36.1 Å². The lowest BCUT2D eigenvalue weighted by Gasteiger charge is -2.13. The van der Waals surface area contributed by atoms with Crippen LogP contribution in [0.4, 0.5) is 0 Å². The lowest BCUT2D eigenvalue weighted by Crippen LogP contribution is -2.08. The van der Waals surface area contributed by atoms with Gasteiger partial charge >= 0.3 is 0 Å². The quantitative estimate of drug-likeness (QED) is 0.504. The van der Waals surface area contributed by atoms with Gasteiger partial charge in [-0.05, 0) is 24.8 Å². The van der Waals surface area contributed by atoms with Crippen LogP contribution in [0.3, 0.4) is 0 Å². The van der Waals surface area contributed by atoms with Crippen molar-refractivity contribution in [3.8, 4) is 0 Å². The Morgan fingerprint density at radius 3 is 2.23 bits per heavy atom. The zero-order valence-electron chi connectivity index (χ0n) is 9.28. The fourth-order valence-corrected chi connectivity index (χ4v) is 1.10. The summed E-state index contributed by atoms with van der Waals surface area (Å²) < 4.78 is 0. The highest BCUT2D eigenvalue weighted by atomic mass is 14.8. The fourth-order valence-electron chi connectivity index (χ4n) is 1.10. The summed E-state index contributed by atoms with van der Waals surface area (Å²) in [6.45, 7) is 14.4. The molecule has 0 saturated carbocycles. The molecular weight excluding hydrogens is 158 g/mol. The molecule has 0 aliphatic carbocycles. The predicted octanol–water partition coefficient (Wildman–Crippen LogP) is 3.27. The van der Waals surface area contributed by atoms with Gasteiger partial charge in [0.1, 0.15) is 0 Å². The number of hydrogen-bond donors (Lipinski definition) is 1. The highest BCUT2D eigenvalue weighted by Crippen LogP contribution is 2.19. The molecule has 0 bridgehead atoms. The van der Waals surface area contributed by atoms with Crippen LogP contribution in [-0.2, 0) is 0 Å². The highest BCUT2D eigenvalue weighted by Gasteiger charge is 2.04. The first-order valence-corrected chi connectivity index (χ1v) is 4.72. The summed E-state index contributed by atoms with van der Waals surface area (Å²) in [6.07, 6.45) is 2.92. The van der Waals surface area contributed by atoms with E-state index in [4.69, 9.17) is 0 Å². The first-order valence-electron chi connectivity index (χ1n) is 4.72. The van der Waals surface area contributed by atoms with E-state index in [0.717, 1.165) is 17.7 Å². The summed E-state index contributed by atoms with van der Waals surface area (Å²) in [6, 6.07) is 0. The third-order valence-electron chi connectivity index (χ3n) is 2.20. The van der Waals surface area contributed by atoms with Gasteiger partial charge in [-0.1, -0.05) is 38.7 Å². The topological polar surface area (TPSA) is 12.0 Å². The summed E-state index contributed by atoms with van der Waals surface area (Å²) in [5.74, 6) is 0.534. The monoisotopic (exact) mass is 179 g/mol. The molecule has 0 aromatic heterocycles. The van der Waals surface area contributed by atoms with Gasteiger partial charge in [0.25, 0.3) is 0 Å². The second-order valence-electron chi connectivity index (χ2n) is 3.55. The van der Waals surface area contributed by atoms with E-state index in [9.17, 15) is 0 Å². The fraction of sp³-hybridized carbons (Fsp3) is 0.500. The third kappa shape index (κ3) is 3.97. The smallest absolute Gasteiger partial charge is 0.0324 e. The first kappa shape index (κ1) is 12.0. The Balaban J connectivity index is 4.23. The Kier molecular flexibility index (Phi) is 5.20. The van der Waals surface area contributed by atoms with Crippen LogP contribution in [0.2, 0.25) is 0 Å². The molecule has 0 unspecified atom stereocenters. The largest absolute Gasteiger partial charge is 0.388 e. The maximum absolute atomic E-state index is 4.03. The Morgan fingerprint density at radius 1 is 1.38 bits per heavy atom. The SMILES string of the molecule is C=C(CC(=C)C(C)C)/C(=C\C)NC. The summed E-state index contributed by atoms with van der Waals surface area (Å²) in [5.41, 5.74) is 3.46. The van der Waals surface area contributed by atoms with Gasteiger partial charge in [-0.2, -0.15) is 0 Å². The molecule has 0 spiro atoms. The summed E-state index contributed by atoms with van der Waals surface area (Å²) >= 11 is 0. The van der Waals surface area contributed by atoms with Gasteiger partial charge in [0, 0.05) is 12.7 Å². The first-order chi connectivity index (χ1) is 6.02. The maximum atomic E-state index is 4.03. The van der Waals surface area contributed by atoms with E-state index >= 15 is 0 Å². The zero-order valence-corrected chi connectivity index (χ0v) is 9.28. The average Bonchev–Trinajstić information content (AvgIpc) is 2.06. The van der Waals surface area contributed by atoms with Crippen molar-refractivity contribution in [1.29, 1.82) is 0 Å². The molecule has 1 N–H and O–H groups in total. The zero-order chi connectivity index (χ0) is 10.4. The van der Waals surface area contributed by atoms with Crippen molar-refractivity contribution in [3.63, 3.8) is 0 Å². The minimum absolute atomic E-state index is 0.534. The summed E-state index contributed by atoms with van der Waals surface area (Å²) in [4.78, 5) is 0. The van der Waals surface area contributed by atoms with E-state index in [1.165, 1.54) is 5.57 Å². The molecule has 0 radical (unpaired) electrons. The lowest BCUT2D eigenvalue weighted by molar-refractivity contribution is 0.741. The van der Waals surface area contributed by atoms with E-state index in [-0.39, 0.29) is 0 Å². The molecule has 0 aliphatic heterocycles. The standard InChI is InChI=1S/C12H21N/c1-7-12(13-6)11(5)8-10(4)9(2)3/h7,9,13H,4-5,8H2,1-3,6H3/b12-7+. The van der Waals surface area contributed by atoms with Crippen LogP contribution >= 0.6 is 0 Å². The molecule has 0 aliphatic rings. The van der Waals surface area contributed by atoms with Crippen LogP contribution in [0.5, 0.6) is 0 Å². The van der Waals surface area contributed by atoms with Crippen molar-refractivity contribution >= 4 is 0 Å². The molecule has 0 heterocycles. The van der Waals surface area contributed by atoms with Gasteiger partial charge in [0.2, 0.25) is 0 Å². The summed E-state index contributed by atoms with van der Waals surface area (Å²) in [5, 5.41) is 3.12. The average molecular weight is 179 g/mol. The molecular formula is C12H21N. The normalized spacial score (nSPS) is 11.6. The molecule has 0 aromatic rings. The van der Waals surface area contributed by atoms with Crippen LogP contribution < -0.4 is 5.32 Å². The van der Waals surface area contributed by atoms with Gasteiger partial charge in [0.05, 0.1) is 0 Å². The number of likely N-dealkylation sites (N-methyl/N-ethyl adjacent to an activating group) is 1. The minimum Gasteiger partial charge on any atom is -0.388 e. The molecule has 1 nitrogen and oxygen atoms in total. The van der Waals surface area contributed by atoms with Crippen LogP contribution in [0, 0.1) is 5.92 Å². The number of hydrogen-bond acceptors (Lipinski definition) is 1. The maximum Gasteiger partial charge on any atom is 0.0324 e. The third-order valence-corrected chi connectivity index (χ3v) is 2.20. The van der Waals surface area contributed by atoms with Crippen molar-refractivity contribution < 1.29 is 0 Å². The number of rotatable bonds is 5. The van der Waals surface area contributed by atoms with Crippen molar-refractivity contribution in [2.45, 2.75) is 27.2 Å². The van der Waals surface area contributed by atoms with E-state index in [0.29, 0.717) is 5.92 Å². The second kappa shape index (κ2) is 5.63. The van der Waals surface area contributed by atoms with Crippen molar-refractivity contribution in [3.05, 3.63) is 36.1 Å². The van der Waals surface area contributed by atoms with Gasteiger partial charge in [0.15, 0.2) is 0 Å². The predicted molar refractivity (Wildman–Crippen MR) is 60.6 cm³/mol. The molecule has 0 aromatic carbocycles. The molecule has 0 atom stereocenters. The Labute approximate surface area is 82.2 Å². The van der Waals surface area contributed by atoms with Crippen LogP contribution in [0.25, 0.3) is 0 Å². The molecule has 74 valence electrons. The van der Waals surface area contributed by atoms with Gasteiger partial charge in [-0.25, -0.2) is 0 Å². The Hall–Kier alpha value is -0.980. The van der Waals surface area contributed by atoms with Crippen molar-refractivity contribution in [2.24, 2.45) is 5.92 Å². The van der Waals surface area contributed by atoms with E-state index in [1.807, 2.05) is 20.0 Å². The molecule has 13 heavy (non-hydrogen) atoms. The van der Waals surface area contributed by atoms with E-state index in [2.05, 4.69) is 32.3 Å². The van der Waals surface area contributed by atoms with Gasteiger partial charge < -0.3 is 5.32 Å². The number of nitrogens with one attached hydrogen (secondary N) is 1. The molecule has 1 heteroatoms. The second-order valence-corrected chi connectivity index (χ2v) is 3.55. The molecule has 0 amide bonds. The van der Waals surface area contributed by atoms with Crippen LogP contribution in [0.1, 0.15) is 27.2 Å². The molecule has 0 saturated heterocycles. The Morgan fingerprint density at radius 2 is 1.92 bits per heavy atom. The Bertz CT molecular complexity index is 221. The number of allylic oxidation sites excluding steroid dienone is 3. The van der Waals surface area contributed by atoms with E-state index in [1.54, 1.807) is 0 Å².